The van der Waals surface area contributed by atoms with Crippen LogP contribution in [-0.4, -0.2) is 25.2 Å². The molecule has 1 unspecified atom stereocenters. The number of amides is 1. The molecule has 1 N–H and O–H groups in total. The summed E-state index contributed by atoms with van der Waals surface area (Å²) in [5.41, 5.74) is 2.81. The number of para-hydroxylation sites is 3. The number of carbonyl (C=O) groups is 1. The van der Waals surface area contributed by atoms with Gasteiger partial charge in [0, 0.05) is 0 Å². The molecule has 0 spiro atoms. The van der Waals surface area contributed by atoms with Gasteiger partial charge in [0.15, 0.2) is 6.10 Å². The number of hydrogen-bond donors (Lipinski definition) is 1. The molecule has 0 heterocycles. The third kappa shape index (κ3) is 6.39. The van der Waals surface area contributed by atoms with Crippen LogP contribution in [0.15, 0.2) is 109 Å². The van der Waals surface area contributed by atoms with Gasteiger partial charge in [-0.3, -0.25) is 4.79 Å². The molecule has 5 heteroatoms. The van der Waals surface area contributed by atoms with Crippen LogP contribution in [0, 0.1) is 0 Å². The van der Waals surface area contributed by atoms with E-state index in [0.717, 1.165) is 16.9 Å². The van der Waals surface area contributed by atoms with Crippen molar-refractivity contribution in [3.05, 3.63) is 109 Å². The molecule has 0 radical (unpaired) electrons. The Labute approximate surface area is 199 Å². The second-order valence-electron chi connectivity index (χ2n) is 7.65. The zero-order chi connectivity index (χ0) is 23.6. The second-order valence-corrected chi connectivity index (χ2v) is 7.65. The maximum Gasteiger partial charge on any atom is 0.265 e. The first kappa shape index (κ1) is 22.9. The van der Waals surface area contributed by atoms with E-state index in [-0.39, 0.29) is 5.91 Å². The molecule has 4 aromatic carbocycles. The molecular weight excluding hydrogens is 426 g/mol. The van der Waals surface area contributed by atoms with Crippen LogP contribution in [-0.2, 0) is 4.79 Å². The van der Waals surface area contributed by atoms with Crippen LogP contribution in [0.25, 0.3) is 11.1 Å². The number of ether oxygens (including phenoxy) is 3. The van der Waals surface area contributed by atoms with Crippen LogP contribution < -0.4 is 19.5 Å². The van der Waals surface area contributed by atoms with Crippen molar-refractivity contribution in [2.45, 2.75) is 13.0 Å². The van der Waals surface area contributed by atoms with Crippen molar-refractivity contribution in [3.63, 3.8) is 0 Å². The standard InChI is InChI=1S/C29H27NO4/c1-22(34-26-18-16-24(17-19-26)23-10-4-2-5-11-23)29(31)30-27-14-8-9-15-28(27)33-21-20-32-25-12-6-3-7-13-25/h2-19,22H,20-21H2,1H3,(H,30,31). The van der Waals surface area contributed by atoms with Gasteiger partial charge in [-0.15, -0.1) is 0 Å². The SMILES string of the molecule is CC(Oc1ccc(-c2ccccc2)cc1)C(=O)Nc1ccccc1OCCOc1ccccc1. The second kappa shape index (κ2) is 11.6. The minimum absolute atomic E-state index is 0.260. The number of carbonyl (C=O) groups excluding carboxylic acids is 1. The molecule has 0 saturated carbocycles. The fraction of sp³-hybridized carbons (Fsp3) is 0.138. The summed E-state index contributed by atoms with van der Waals surface area (Å²) in [5, 5.41) is 2.90. The maximum absolute atomic E-state index is 12.8. The van der Waals surface area contributed by atoms with E-state index in [1.54, 1.807) is 13.0 Å². The molecular formula is C29H27NO4. The summed E-state index contributed by atoms with van der Waals surface area (Å²) in [6, 6.07) is 34.7. The molecule has 0 fully saturated rings. The largest absolute Gasteiger partial charge is 0.490 e. The minimum Gasteiger partial charge on any atom is -0.490 e. The van der Waals surface area contributed by atoms with E-state index < -0.39 is 6.10 Å². The topological polar surface area (TPSA) is 56.8 Å². The molecule has 4 rings (SSSR count). The lowest BCUT2D eigenvalue weighted by Crippen LogP contribution is -2.30. The Hall–Kier alpha value is -4.25. The summed E-state index contributed by atoms with van der Waals surface area (Å²) in [4.78, 5) is 12.8. The summed E-state index contributed by atoms with van der Waals surface area (Å²) < 4.78 is 17.3. The van der Waals surface area contributed by atoms with E-state index in [1.165, 1.54) is 0 Å². The van der Waals surface area contributed by atoms with Gasteiger partial charge >= 0.3 is 0 Å². The maximum atomic E-state index is 12.8. The van der Waals surface area contributed by atoms with E-state index in [2.05, 4.69) is 17.4 Å². The van der Waals surface area contributed by atoms with Gasteiger partial charge in [0.05, 0.1) is 5.69 Å². The highest BCUT2D eigenvalue weighted by Crippen LogP contribution is 2.25. The quantitative estimate of drug-likeness (QED) is 0.290. The number of benzene rings is 4. The third-order valence-electron chi connectivity index (χ3n) is 5.14. The highest BCUT2D eigenvalue weighted by Gasteiger charge is 2.17. The van der Waals surface area contributed by atoms with Crippen molar-refractivity contribution in [1.82, 2.24) is 0 Å². The van der Waals surface area contributed by atoms with Crippen LogP contribution in [0.5, 0.6) is 17.2 Å². The van der Waals surface area contributed by atoms with E-state index >= 15 is 0 Å². The van der Waals surface area contributed by atoms with Gasteiger partial charge in [0.25, 0.3) is 5.91 Å². The molecule has 1 atom stereocenters. The van der Waals surface area contributed by atoms with Gasteiger partial charge in [0.2, 0.25) is 0 Å². The van der Waals surface area contributed by atoms with Crippen LogP contribution in [0.2, 0.25) is 0 Å². The van der Waals surface area contributed by atoms with Gasteiger partial charge in [-0.25, -0.2) is 0 Å². The normalized spacial score (nSPS) is 11.3. The average Bonchev–Trinajstić information content (AvgIpc) is 2.89. The zero-order valence-corrected chi connectivity index (χ0v) is 19.0. The fourth-order valence-corrected chi connectivity index (χ4v) is 3.37. The molecule has 0 aromatic heterocycles. The summed E-state index contributed by atoms with van der Waals surface area (Å²) in [6.45, 7) is 2.46. The highest BCUT2D eigenvalue weighted by atomic mass is 16.5. The van der Waals surface area contributed by atoms with Gasteiger partial charge in [0.1, 0.15) is 30.5 Å². The van der Waals surface area contributed by atoms with E-state index in [9.17, 15) is 4.79 Å². The summed E-state index contributed by atoms with van der Waals surface area (Å²) in [7, 11) is 0. The lowest BCUT2D eigenvalue weighted by molar-refractivity contribution is -0.122. The molecule has 0 bridgehead atoms. The predicted octanol–water partition coefficient (Wildman–Crippen LogP) is 6.22. The van der Waals surface area contributed by atoms with Crippen LogP contribution >= 0.6 is 0 Å². The number of anilines is 1. The van der Waals surface area contributed by atoms with Crippen molar-refractivity contribution >= 4 is 11.6 Å². The first-order valence-electron chi connectivity index (χ1n) is 11.2. The van der Waals surface area contributed by atoms with E-state index in [4.69, 9.17) is 14.2 Å². The Morgan fingerprint density at radius 2 is 1.26 bits per heavy atom. The van der Waals surface area contributed by atoms with E-state index in [1.807, 2.05) is 91.0 Å². The molecule has 0 aliphatic carbocycles. The van der Waals surface area contributed by atoms with Gasteiger partial charge in [-0.1, -0.05) is 72.8 Å². The molecule has 0 saturated heterocycles. The number of nitrogens with one attached hydrogen (secondary N) is 1. The summed E-state index contributed by atoms with van der Waals surface area (Å²) >= 11 is 0. The summed E-state index contributed by atoms with van der Waals surface area (Å²) in [5.74, 6) is 1.73. The molecule has 0 aliphatic heterocycles. The molecule has 172 valence electrons. The first-order chi connectivity index (χ1) is 16.7. The molecule has 5 nitrogen and oxygen atoms in total. The lowest BCUT2D eigenvalue weighted by Gasteiger charge is -2.17. The number of hydrogen-bond acceptors (Lipinski definition) is 4. The Balaban J connectivity index is 1.30. The smallest absolute Gasteiger partial charge is 0.265 e. The average molecular weight is 454 g/mol. The van der Waals surface area contributed by atoms with Gasteiger partial charge < -0.3 is 19.5 Å². The van der Waals surface area contributed by atoms with Crippen molar-refractivity contribution in [1.29, 1.82) is 0 Å². The third-order valence-corrected chi connectivity index (χ3v) is 5.14. The highest BCUT2D eigenvalue weighted by molar-refractivity contribution is 5.95. The molecule has 34 heavy (non-hydrogen) atoms. The Morgan fingerprint density at radius 1 is 0.676 bits per heavy atom. The first-order valence-corrected chi connectivity index (χ1v) is 11.2. The van der Waals surface area contributed by atoms with E-state index in [0.29, 0.717) is 30.4 Å². The Kier molecular flexibility index (Phi) is 7.80. The van der Waals surface area contributed by atoms with Crippen LogP contribution in [0.1, 0.15) is 6.92 Å². The van der Waals surface area contributed by atoms with Crippen molar-refractivity contribution < 1.29 is 19.0 Å². The minimum atomic E-state index is -0.683. The molecule has 1 amide bonds. The van der Waals surface area contributed by atoms with Crippen LogP contribution in [0.3, 0.4) is 0 Å². The molecule has 4 aromatic rings. The van der Waals surface area contributed by atoms with Crippen LogP contribution in [0.4, 0.5) is 5.69 Å². The van der Waals surface area contributed by atoms with Crippen molar-refractivity contribution in [3.8, 4) is 28.4 Å². The van der Waals surface area contributed by atoms with Crippen molar-refractivity contribution in [2.75, 3.05) is 18.5 Å². The van der Waals surface area contributed by atoms with Crippen molar-refractivity contribution in [2.24, 2.45) is 0 Å². The Bertz CT molecular complexity index is 1180. The predicted molar refractivity (Wildman–Crippen MR) is 134 cm³/mol. The zero-order valence-electron chi connectivity index (χ0n) is 19.0. The summed E-state index contributed by atoms with van der Waals surface area (Å²) in [6.07, 6.45) is -0.683. The van der Waals surface area contributed by atoms with Gasteiger partial charge in [-0.2, -0.15) is 0 Å². The lowest BCUT2D eigenvalue weighted by atomic mass is 10.1. The van der Waals surface area contributed by atoms with Gasteiger partial charge in [-0.05, 0) is 54.4 Å². The Morgan fingerprint density at radius 3 is 2.00 bits per heavy atom. The monoisotopic (exact) mass is 453 g/mol. The molecule has 0 aliphatic rings. The fourth-order valence-electron chi connectivity index (χ4n) is 3.37. The number of rotatable bonds is 10.